The first-order chi connectivity index (χ1) is 15.5. The number of nitrogens with two attached hydrogens (primary N) is 2. The van der Waals surface area contributed by atoms with E-state index in [-0.39, 0.29) is 17.9 Å². The van der Waals surface area contributed by atoms with Crippen LogP contribution < -0.4 is 11.5 Å². The van der Waals surface area contributed by atoms with Crippen molar-refractivity contribution < 1.29 is 9.59 Å². The monoisotopic (exact) mass is 436 g/mol. The number of benzene rings is 1. The van der Waals surface area contributed by atoms with Gasteiger partial charge < -0.3 is 16.4 Å². The molecule has 2 amide bonds. The maximum atomic E-state index is 13.4. The normalized spacial score (nSPS) is 20.0. The summed E-state index contributed by atoms with van der Waals surface area (Å²) in [5, 5.41) is 0. The van der Waals surface area contributed by atoms with Gasteiger partial charge in [-0.05, 0) is 62.9 Å². The first-order valence-corrected chi connectivity index (χ1v) is 11.6. The molecule has 2 fully saturated rings. The van der Waals surface area contributed by atoms with Gasteiger partial charge in [0.15, 0.2) is 0 Å². The first kappa shape index (κ1) is 22.2. The van der Waals surface area contributed by atoms with Crippen LogP contribution in [0.2, 0.25) is 0 Å². The average molecular weight is 437 g/mol. The zero-order valence-corrected chi connectivity index (χ0v) is 18.5. The molecule has 1 aromatic carbocycles. The summed E-state index contributed by atoms with van der Waals surface area (Å²) in [6, 6.07) is 6.93. The summed E-state index contributed by atoms with van der Waals surface area (Å²) in [5.74, 6) is -0.116. The quantitative estimate of drug-likeness (QED) is 0.744. The van der Waals surface area contributed by atoms with Gasteiger partial charge in [-0.15, -0.1) is 0 Å². The lowest BCUT2D eigenvalue weighted by Gasteiger charge is -2.37. The molecular formula is C24H32N6O2. The Hall–Kier alpha value is -3.00. The van der Waals surface area contributed by atoms with Crippen molar-refractivity contribution in [3.63, 3.8) is 0 Å². The van der Waals surface area contributed by atoms with Crippen molar-refractivity contribution >= 4 is 17.8 Å². The molecular weight excluding hydrogens is 404 g/mol. The number of carbonyl (C=O) groups excluding carboxylic acids is 2. The van der Waals surface area contributed by atoms with E-state index >= 15 is 0 Å². The highest BCUT2D eigenvalue weighted by Gasteiger charge is 2.32. The Bertz CT molecular complexity index is 953. The summed E-state index contributed by atoms with van der Waals surface area (Å²) in [7, 11) is 0. The fourth-order valence-corrected chi connectivity index (χ4v) is 4.79. The molecule has 170 valence electrons. The van der Waals surface area contributed by atoms with Gasteiger partial charge in [0.25, 0.3) is 0 Å². The number of likely N-dealkylation sites (tertiary alicyclic amines) is 2. The molecule has 0 bridgehead atoms. The van der Waals surface area contributed by atoms with Crippen LogP contribution in [0.15, 0.2) is 30.5 Å². The Balaban J connectivity index is 1.62. The Morgan fingerprint density at radius 1 is 0.969 bits per heavy atom. The zero-order valence-electron chi connectivity index (χ0n) is 18.5. The lowest BCUT2D eigenvalue weighted by molar-refractivity contribution is -0.136. The van der Waals surface area contributed by atoms with Gasteiger partial charge in [0, 0.05) is 23.9 Å². The second kappa shape index (κ2) is 10.1. The lowest BCUT2D eigenvalue weighted by atomic mass is 9.93. The third-order valence-corrected chi connectivity index (χ3v) is 6.51. The number of nitrogen functional groups attached to an aromatic ring is 1. The molecule has 8 heteroatoms. The molecule has 0 spiro atoms. The van der Waals surface area contributed by atoms with E-state index in [1.54, 1.807) is 18.3 Å². The van der Waals surface area contributed by atoms with E-state index in [1.807, 2.05) is 17.0 Å². The SMILES string of the molecule is NC(=O)c1ccc(-c2cnc(N)nc2[C@H]2CCCCN2C(=O)CN2CCCCCC2)cc1. The number of hydrogen-bond acceptors (Lipinski definition) is 6. The Labute approximate surface area is 189 Å². The van der Waals surface area contributed by atoms with Crippen molar-refractivity contribution in [3.8, 4) is 11.1 Å². The molecule has 2 saturated heterocycles. The van der Waals surface area contributed by atoms with Gasteiger partial charge in [-0.3, -0.25) is 14.5 Å². The van der Waals surface area contributed by atoms with Gasteiger partial charge in [0.05, 0.1) is 18.3 Å². The number of hydrogen-bond donors (Lipinski definition) is 2. The molecule has 3 heterocycles. The minimum Gasteiger partial charge on any atom is -0.368 e. The highest BCUT2D eigenvalue weighted by atomic mass is 16.2. The average Bonchev–Trinajstić information content (AvgIpc) is 3.08. The van der Waals surface area contributed by atoms with E-state index in [4.69, 9.17) is 11.5 Å². The van der Waals surface area contributed by atoms with Crippen molar-refractivity contribution in [2.45, 2.75) is 51.0 Å². The van der Waals surface area contributed by atoms with Crippen LogP contribution in [0.25, 0.3) is 11.1 Å². The van der Waals surface area contributed by atoms with Crippen LogP contribution in [-0.4, -0.2) is 57.8 Å². The van der Waals surface area contributed by atoms with Crippen LogP contribution in [0.5, 0.6) is 0 Å². The molecule has 2 aliphatic rings. The van der Waals surface area contributed by atoms with Gasteiger partial charge in [0.1, 0.15) is 0 Å². The minimum absolute atomic E-state index is 0.139. The van der Waals surface area contributed by atoms with Crippen molar-refractivity contribution in [2.75, 3.05) is 31.9 Å². The highest BCUT2D eigenvalue weighted by Crippen LogP contribution is 2.36. The van der Waals surface area contributed by atoms with Crippen molar-refractivity contribution in [3.05, 3.63) is 41.7 Å². The maximum Gasteiger partial charge on any atom is 0.248 e. The fraction of sp³-hybridized carbons (Fsp3) is 0.500. The molecule has 2 aromatic rings. The third kappa shape index (κ3) is 5.07. The van der Waals surface area contributed by atoms with Crippen LogP contribution in [0.3, 0.4) is 0 Å². The third-order valence-electron chi connectivity index (χ3n) is 6.51. The van der Waals surface area contributed by atoms with E-state index in [1.165, 1.54) is 12.8 Å². The lowest BCUT2D eigenvalue weighted by Crippen LogP contribution is -2.45. The van der Waals surface area contributed by atoms with Crippen LogP contribution in [0, 0.1) is 0 Å². The van der Waals surface area contributed by atoms with E-state index in [0.29, 0.717) is 12.1 Å². The zero-order chi connectivity index (χ0) is 22.5. The number of anilines is 1. The maximum absolute atomic E-state index is 13.4. The van der Waals surface area contributed by atoms with Crippen LogP contribution in [0.1, 0.15) is 67.0 Å². The fourth-order valence-electron chi connectivity index (χ4n) is 4.79. The summed E-state index contributed by atoms with van der Waals surface area (Å²) >= 11 is 0. The second-order valence-corrected chi connectivity index (χ2v) is 8.76. The molecule has 8 nitrogen and oxygen atoms in total. The number of nitrogens with zero attached hydrogens (tertiary/aromatic N) is 4. The summed E-state index contributed by atoms with van der Waals surface area (Å²) in [6.45, 7) is 3.16. The number of amides is 2. The smallest absolute Gasteiger partial charge is 0.248 e. The Morgan fingerprint density at radius 3 is 2.34 bits per heavy atom. The van der Waals surface area contributed by atoms with Gasteiger partial charge in [-0.1, -0.05) is 25.0 Å². The second-order valence-electron chi connectivity index (χ2n) is 8.76. The van der Waals surface area contributed by atoms with E-state index in [2.05, 4.69) is 14.9 Å². The standard InChI is InChI=1S/C24H32N6O2/c25-23(32)18-10-8-17(9-11-18)19-15-27-24(26)28-22(19)20-7-3-6-14-30(20)21(31)16-29-12-4-1-2-5-13-29/h8-11,15,20H,1-7,12-14,16H2,(H2,25,32)(H2,26,27,28)/t20-/m1/s1. The Kier molecular flexibility index (Phi) is 6.99. The molecule has 1 atom stereocenters. The largest absolute Gasteiger partial charge is 0.368 e. The summed E-state index contributed by atoms with van der Waals surface area (Å²) in [6.07, 6.45) is 9.38. The molecule has 1 aromatic heterocycles. The summed E-state index contributed by atoms with van der Waals surface area (Å²) in [4.78, 5) is 37.9. The summed E-state index contributed by atoms with van der Waals surface area (Å²) < 4.78 is 0. The molecule has 32 heavy (non-hydrogen) atoms. The number of carbonyl (C=O) groups is 2. The Morgan fingerprint density at radius 2 is 1.66 bits per heavy atom. The molecule has 4 N–H and O–H groups in total. The van der Waals surface area contributed by atoms with Crippen molar-refractivity contribution in [1.82, 2.24) is 19.8 Å². The van der Waals surface area contributed by atoms with Crippen molar-refractivity contribution in [1.29, 1.82) is 0 Å². The van der Waals surface area contributed by atoms with Crippen LogP contribution in [-0.2, 0) is 4.79 Å². The molecule has 0 saturated carbocycles. The van der Waals surface area contributed by atoms with Crippen molar-refractivity contribution in [2.24, 2.45) is 5.73 Å². The predicted molar refractivity (Wildman–Crippen MR) is 124 cm³/mol. The van der Waals surface area contributed by atoms with Gasteiger partial charge in [-0.25, -0.2) is 9.97 Å². The molecule has 0 aliphatic carbocycles. The number of rotatable bonds is 5. The van der Waals surface area contributed by atoms with Crippen LogP contribution in [0.4, 0.5) is 5.95 Å². The van der Waals surface area contributed by atoms with Gasteiger partial charge >= 0.3 is 0 Å². The van der Waals surface area contributed by atoms with Crippen LogP contribution >= 0.6 is 0 Å². The predicted octanol–water partition coefficient (Wildman–Crippen LogP) is 2.75. The van der Waals surface area contributed by atoms with E-state index in [9.17, 15) is 9.59 Å². The molecule has 0 radical (unpaired) electrons. The summed E-state index contributed by atoms with van der Waals surface area (Å²) in [5.41, 5.74) is 14.3. The van der Waals surface area contributed by atoms with E-state index in [0.717, 1.165) is 68.6 Å². The molecule has 0 unspecified atom stereocenters. The van der Waals surface area contributed by atoms with E-state index < -0.39 is 5.91 Å². The number of piperidine rings is 1. The topological polar surface area (TPSA) is 118 Å². The number of aromatic nitrogens is 2. The molecule has 2 aliphatic heterocycles. The molecule has 4 rings (SSSR count). The first-order valence-electron chi connectivity index (χ1n) is 11.6. The highest BCUT2D eigenvalue weighted by molar-refractivity contribution is 5.93. The minimum atomic E-state index is -0.470. The number of primary amides is 1. The van der Waals surface area contributed by atoms with Gasteiger partial charge in [0.2, 0.25) is 17.8 Å². The van der Waals surface area contributed by atoms with Gasteiger partial charge in [-0.2, -0.15) is 0 Å².